The highest BCUT2D eigenvalue weighted by atomic mass is 32.2. The monoisotopic (exact) mass is 205 g/mol. The maximum atomic E-state index is 11.0. The van der Waals surface area contributed by atoms with Crippen molar-refractivity contribution in [3.05, 3.63) is 11.9 Å². The number of ether oxygens (including phenoxy) is 1. The first-order chi connectivity index (χ1) is 5.95. The summed E-state index contributed by atoms with van der Waals surface area (Å²) in [4.78, 5) is 0.0110. The van der Waals surface area contributed by atoms with Gasteiger partial charge in [0, 0.05) is 20.4 Å². The van der Waals surface area contributed by atoms with E-state index in [0.29, 0.717) is 5.69 Å². The van der Waals surface area contributed by atoms with E-state index in [9.17, 15) is 8.42 Å². The van der Waals surface area contributed by atoms with E-state index in [-0.39, 0.29) is 11.5 Å². The van der Waals surface area contributed by atoms with Gasteiger partial charge in [-0.3, -0.25) is 4.68 Å². The molecule has 0 aliphatic heterocycles. The minimum atomic E-state index is -3.70. The second-order valence-electron chi connectivity index (χ2n) is 2.59. The standard InChI is InChI=1S/C6H11N3O3S/c1-9-3-6(13(7,10)11)5(8-9)4-12-2/h3H,4H2,1-2H3,(H2,7,10,11). The van der Waals surface area contributed by atoms with Gasteiger partial charge in [-0.2, -0.15) is 5.10 Å². The predicted molar refractivity (Wildman–Crippen MR) is 45.3 cm³/mol. The Morgan fingerprint density at radius 3 is 2.77 bits per heavy atom. The quantitative estimate of drug-likeness (QED) is 0.700. The Hall–Kier alpha value is -0.920. The fraction of sp³-hybridized carbons (Fsp3) is 0.500. The lowest BCUT2D eigenvalue weighted by atomic mass is 10.5. The lowest BCUT2D eigenvalue weighted by molar-refractivity contribution is 0.179. The van der Waals surface area contributed by atoms with Crippen LogP contribution in [0.5, 0.6) is 0 Å². The molecule has 6 nitrogen and oxygen atoms in total. The molecule has 2 N–H and O–H groups in total. The van der Waals surface area contributed by atoms with Crippen molar-refractivity contribution in [2.45, 2.75) is 11.5 Å². The summed E-state index contributed by atoms with van der Waals surface area (Å²) in [6.45, 7) is 0.132. The summed E-state index contributed by atoms with van der Waals surface area (Å²) >= 11 is 0. The van der Waals surface area contributed by atoms with E-state index in [1.807, 2.05) is 0 Å². The SMILES string of the molecule is COCc1nn(C)cc1S(N)(=O)=O. The molecule has 1 aromatic rings. The highest BCUT2D eigenvalue weighted by Gasteiger charge is 2.17. The molecular formula is C6H11N3O3S. The van der Waals surface area contributed by atoms with Gasteiger partial charge in [-0.15, -0.1) is 0 Å². The van der Waals surface area contributed by atoms with Crippen molar-refractivity contribution < 1.29 is 13.2 Å². The van der Waals surface area contributed by atoms with E-state index in [2.05, 4.69) is 5.10 Å². The smallest absolute Gasteiger partial charge is 0.241 e. The highest BCUT2D eigenvalue weighted by molar-refractivity contribution is 7.89. The maximum absolute atomic E-state index is 11.0. The fourth-order valence-corrected chi connectivity index (χ4v) is 1.71. The van der Waals surface area contributed by atoms with Gasteiger partial charge in [0.1, 0.15) is 10.6 Å². The van der Waals surface area contributed by atoms with Gasteiger partial charge in [0.05, 0.1) is 6.61 Å². The number of hydrogen-bond donors (Lipinski definition) is 1. The molecule has 74 valence electrons. The van der Waals surface area contributed by atoms with Crippen LogP contribution >= 0.6 is 0 Å². The molecule has 0 aromatic carbocycles. The molecule has 13 heavy (non-hydrogen) atoms. The number of nitrogens with two attached hydrogens (primary N) is 1. The molecular weight excluding hydrogens is 194 g/mol. The van der Waals surface area contributed by atoms with E-state index in [0.717, 1.165) is 0 Å². The summed E-state index contributed by atoms with van der Waals surface area (Å²) in [5.74, 6) is 0. The van der Waals surface area contributed by atoms with E-state index < -0.39 is 10.0 Å². The van der Waals surface area contributed by atoms with Gasteiger partial charge in [-0.05, 0) is 0 Å². The maximum Gasteiger partial charge on any atom is 0.241 e. The van der Waals surface area contributed by atoms with E-state index in [1.165, 1.54) is 18.0 Å². The molecule has 1 aromatic heterocycles. The zero-order chi connectivity index (χ0) is 10.1. The van der Waals surface area contributed by atoms with Crippen molar-refractivity contribution in [2.75, 3.05) is 7.11 Å². The third-order valence-electron chi connectivity index (χ3n) is 1.45. The average molecular weight is 205 g/mol. The average Bonchev–Trinajstić information content (AvgIpc) is 2.30. The van der Waals surface area contributed by atoms with Gasteiger partial charge in [0.2, 0.25) is 10.0 Å². The van der Waals surface area contributed by atoms with Crippen molar-refractivity contribution >= 4 is 10.0 Å². The van der Waals surface area contributed by atoms with E-state index in [4.69, 9.17) is 9.88 Å². The molecule has 0 spiro atoms. The molecule has 7 heteroatoms. The summed E-state index contributed by atoms with van der Waals surface area (Å²) in [6.07, 6.45) is 1.35. The molecule has 1 rings (SSSR count). The molecule has 0 aliphatic carbocycles. The second-order valence-corrected chi connectivity index (χ2v) is 4.12. The van der Waals surface area contributed by atoms with E-state index >= 15 is 0 Å². The van der Waals surface area contributed by atoms with Crippen LogP contribution in [-0.4, -0.2) is 25.3 Å². The molecule has 0 aliphatic rings. The first-order valence-electron chi connectivity index (χ1n) is 3.49. The van der Waals surface area contributed by atoms with Crippen LogP contribution < -0.4 is 5.14 Å². The summed E-state index contributed by atoms with van der Waals surface area (Å²) < 4.78 is 28.2. The van der Waals surface area contributed by atoms with Gasteiger partial charge in [-0.1, -0.05) is 0 Å². The van der Waals surface area contributed by atoms with Gasteiger partial charge in [0.25, 0.3) is 0 Å². The molecule has 0 saturated carbocycles. The van der Waals surface area contributed by atoms with Crippen LogP contribution in [0.15, 0.2) is 11.1 Å². The Balaban J connectivity index is 3.20. The summed E-state index contributed by atoms with van der Waals surface area (Å²) in [6, 6.07) is 0. The summed E-state index contributed by atoms with van der Waals surface area (Å²) in [7, 11) is -0.619. The lowest BCUT2D eigenvalue weighted by Gasteiger charge is -1.96. The number of primary sulfonamides is 1. The van der Waals surface area contributed by atoms with Crippen molar-refractivity contribution in [1.29, 1.82) is 0 Å². The first-order valence-corrected chi connectivity index (χ1v) is 5.04. The molecule has 0 amide bonds. The first kappa shape index (κ1) is 10.2. The third-order valence-corrected chi connectivity index (χ3v) is 2.41. The highest BCUT2D eigenvalue weighted by Crippen LogP contribution is 2.12. The summed E-state index contributed by atoms with van der Waals surface area (Å²) in [5, 5.41) is 8.86. The largest absolute Gasteiger partial charge is 0.378 e. The normalized spacial score (nSPS) is 11.9. The van der Waals surface area contributed by atoms with Crippen molar-refractivity contribution in [2.24, 2.45) is 12.2 Å². The Labute approximate surface area is 76.3 Å². The lowest BCUT2D eigenvalue weighted by Crippen LogP contribution is -2.13. The van der Waals surface area contributed by atoms with Gasteiger partial charge < -0.3 is 4.74 Å². The summed E-state index contributed by atoms with van der Waals surface area (Å²) in [5.41, 5.74) is 0.326. The van der Waals surface area contributed by atoms with Crippen LogP contribution in [-0.2, 0) is 28.4 Å². The van der Waals surface area contributed by atoms with Crippen molar-refractivity contribution in [3.8, 4) is 0 Å². The Kier molecular flexibility index (Phi) is 2.69. The number of aromatic nitrogens is 2. The molecule has 0 bridgehead atoms. The van der Waals surface area contributed by atoms with Crippen LogP contribution in [0.25, 0.3) is 0 Å². The van der Waals surface area contributed by atoms with Crippen LogP contribution in [0.4, 0.5) is 0 Å². The van der Waals surface area contributed by atoms with Crippen LogP contribution in [0.2, 0.25) is 0 Å². The molecule has 0 fully saturated rings. The molecule has 1 heterocycles. The number of aryl methyl sites for hydroxylation is 1. The molecule has 0 saturated heterocycles. The fourth-order valence-electron chi connectivity index (χ4n) is 0.987. The Morgan fingerprint density at radius 1 is 1.69 bits per heavy atom. The number of sulfonamides is 1. The topological polar surface area (TPSA) is 87.2 Å². The number of rotatable bonds is 3. The third kappa shape index (κ3) is 2.27. The van der Waals surface area contributed by atoms with Crippen LogP contribution in [0.3, 0.4) is 0 Å². The van der Waals surface area contributed by atoms with Crippen molar-refractivity contribution in [3.63, 3.8) is 0 Å². The number of methoxy groups -OCH3 is 1. The molecule has 0 unspecified atom stereocenters. The van der Waals surface area contributed by atoms with Crippen LogP contribution in [0, 0.1) is 0 Å². The van der Waals surface area contributed by atoms with Gasteiger partial charge in [0.15, 0.2) is 0 Å². The second kappa shape index (κ2) is 3.44. The van der Waals surface area contributed by atoms with Gasteiger partial charge in [-0.25, -0.2) is 13.6 Å². The minimum Gasteiger partial charge on any atom is -0.378 e. The Morgan fingerprint density at radius 2 is 2.31 bits per heavy atom. The van der Waals surface area contributed by atoms with Gasteiger partial charge >= 0.3 is 0 Å². The zero-order valence-corrected chi connectivity index (χ0v) is 8.21. The van der Waals surface area contributed by atoms with Crippen LogP contribution in [0.1, 0.15) is 5.69 Å². The number of nitrogens with zero attached hydrogens (tertiary/aromatic N) is 2. The molecule has 0 radical (unpaired) electrons. The minimum absolute atomic E-state index is 0.0110. The van der Waals surface area contributed by atoms with Crippen molar-refractivity contribution in [1.82, 2.24) is 9.78 Å². The van der Waals surface area contributed by atoms with E-state index in [1.54, 1.807) is 7.05 Å². The molecule has 0 atom stereocenters. The zero-order valence-electron chi connectivity index (χ0n) is 7.39. The predicted octanol–water partition coefficient (Wildman–Crippen LogP) is -0.786. The number of hydrogen-bond acceptors (Lipinski definition) is 4. The Bertz CT molecular complexity index is 395.